The van der Waals surface area contributed by atoms with Crippen LogP contribution in [0.2, 0.25) is 0 Å². The summed E-state index contributed by atoms with van der Waals surface area (Å²) in [6.07, 6.45) is 9.92. The van der Waals surface area contributed by atoms with Gasteiger partial charge in [-0.3, -0.25) is 4.68 Å². The molecule has 120 valence electrons. The quantitative estimate of drug-likeness (QED) is 0.566. The fourth-order valence-corrected chi connectivity index (χ4v) is 2.97. The van der Waals surface area contributed by atoms with Crippen LogP contribution in [0, 0.1) is 0 Å². The van der Waals surface area contributed by atoms with Crippen molar-refractivity contribution in [2.45, 2.75) is 19.4 Å². The highest BCUT2D eigenvalue weighted by Gasteiger charge is 2.08. The topological polar surface area (TPSA) is 48.5 Å². The van der Waals surface area contributed by atoms with Crippen molar-refractivity contribution in [3.63, 3.8) is 0 Å². The third kappa shape index (κ3) is 2.93. The highest BCUT2D eigenvalue weighted by atomic mass is 15.2. The van der Waals surface area contributed by atoms with Crippen molar-refractivity contribution < 1.29 is 0 Å². The molecule has 0 radical (unpaired) electrons. The average Bonchev–Trinajstić information content (AvgIpc) is 3.23. The van der Waals surface area contributed by atoms with Crippen LogP contribution >= 0.6 is 0 Å². The van der Waals surface area contributed by atoms with Crippen LogP contribution in [0.15, 0.2) is 61.2 Å². The molecule has 0 saturated carbocycles. The zero-order chi connectivity index (χ0) is 16.4. The summed E-state index contributed by atoms with van der Waals surface area (Å²) < 4.78 is 4.02. The highest BCUT2D eigenvalue weighted by molar-refractivity contribution is 5.80. The van der Waals surface area contributed by atoms with Gasteiger partial charge in [0.2, 0.25) is 0 Å². The van der Waals surface area contributed by atoms with Crippen molar-refractivity contribution in [1.29, 1.82) is 0 Å². The SMILES string of the molecule is Cn1cc(CCCn2ccnc2-c2ccc3ccccc3n2)cn1. The van der Waals surface area contributed by atoms with Gasteiger partial charge in [0.05, 0.1) is 11.7 Å². The summed E-state index contributed by atoms with van der Waals surface area (Å²) in [7, 11) is 1.95. The van der Waals surface area contributed by atoms with E-state index in [1.54, 1.807) is 0 Å². The number of para-hydroxylation sites is 1. The molecule has 5 heteroatoms. The van der Waals surface area contributed by atoms with Crippen LogP contribution in [0.4, 0.5) is 0 Å². The van der Waals surface area contributed by atoms with Gasteiger partial charge in [0.25, 0.3) is 0 Å². The van der Waals surface area contributed by atoms with Crippen LogP contribution in [-0.2, 0) is 20.0 Å². The number of hydrogen-bond donors (Lipinski definition) is 0. The van der Waals surface area contributed by atoms with Crippen LogP contribution in [-0.4, -0.2) is 24.3 Å². The van der Waals surface area contributed by atoms with E-state index in [0.29, 0.717) is 0 Å². The van der Waals surface area contributed by atoms with E-state index in [0.717, 1.165) is 41.8 Å². The summed E-state index contributed by atoms with van der Waals surface area (Å²) in [5.74, 6) is 0.923. The molecule has 0 aliphatic heterocycles. The number of rotatable bonds is 5. The average molecular weight is 317 g/mol. The van der Waals surface area contributed by atoms with Crippen LogP contribution in [0.25, 0.3) is 22.4 Å². The smallest absolute Gasteiger partial charge is 0.158 e. The van der Waals surface area contributed by atoms with Gasteiger partial charge in [-0.05, 0) is 30.5 Å². The minimum atomic E-state index is 0.915. The van der Waals surface area contributed by atoms with Crippen LogP contribution < -0.4 is 0 Å². The number of fused-ring (bicyclic) bond motifs is 1. The molecule has 1 aromatic carbocycles. The third-order valence-electron chi connectivity index (χ3n) is 4.17. The Morgan fingerprint density at radius 2 is 2.00 bits per heavy atom. The predicted molar refractivity (Wildman–Crippen MR) is 94.5 cm³/mol. The molecule has 0 aliphatic carbocycles. The first kappa shape index (κ1) is 14.6. The van der Waals surface area contributed by atoms with E-state index >= 15 is 0 Å². The van der Waals surface area contributed by atoms with Crippen molar-refractivity contribution in [2.24, 2.45) is 7.05 Å². The third-order valence-corrected chi connectivity index (χ3v) is 4.17. The predicted octanol–water partition coefficient (Wildman–Crippen LogP) is 3.46. The van der Waals surface area contributed by atoms with E-state index in [1.165, 1.54) is 5.56 Å². The van der Waals surface area contributed by atoms with Gasteiger partial charge in [-0.1, -0.05) is 24.3 Å². The van der Waals surface area contributed by atoms with Crippen molar-refractivity contribution in [1.82, 2.24) is 24.3 Å². The monoisotopic (exact) mass is 317 g/mol. The lowest BCUT2D eigenvalue weighted by molar-refractivity contribution is 0.646. The highest BCUT2D eigenvalue weighted by Crippen LogP contribution is 2.20. The van der Waals surface area contributed by atoms with Gasteiger partial charge in [0.15, 0.2) is 5.82 Å². The zero-order valence-electron chi connectivity index (χ0n) is 13.6. The Labute approximate surface area is 140 Å². The summed E-state index contributed by atoms with van der Waals surface area (Å²) in [5, 5.41) is 5.36. The maximum atomic E-state index is 4.75. The maximum Gasteiger partial charge on any atom is 0.158 e. The second-order valence-electron chi connectivity index (χ2n) is 5.96. The Balaban J connectivity index is 1.52. The van der Waals surface area contributed by atoms with Crippen LogP contribution in [0.1, 0.15) is 12.0 Å². The molecule has 0 atom stereocenters. The summed E-state index contributed by atoms with van der Waals surface area (Å²) in [6, 6.07) is 12.3. The molecule has 0 amide bonds. The second kappa shape index (κ2) is 6.28. The molecule has 5 nitrogen and oxygen atoms in total. The van der Waals surface area contributed by atoms with Gasteiger partial charge in [-0.2, -0.15) is 5.10 Å². The first-order chi connectivity index (χ1) is 11.8. The van der Waals surface area contributed by atoms with Crippen molar-refractivity contribution in [2.75, 3.05) is 0 Å². The van der Waals surface area contributed by atoms with E-state index < -0.39 is 0 Å². The van der Waals surface area contributed by atoms with Crippen molar-refractivity contribution in [3.05, 3.63) is 66.7 Å². The van der Waals surface area contributed by atoms with Crippen molar-refractivity contribution in [3.8, 4) is 11.5 Å². The molecular weight excluding hydrogens is 298 g/mol. The molecule has 0 spiro atoms. The van der Waals surface area contributed by atoms with Gasteiger partial charge < -0.3 is 4.57 Å². The lowest BCUT2D eigenvalue weighted by atomic mass is 10.2. The molecule has 0 saturated heterocycles. The molecule has 3 aromatic heterocycles. The number of hydrogen-bond acceptors (Lipinski definition) is 3. The fourth-order valence-electron chi connectivity index (χ4n) is 2.97. The largest absolute Gasteiger partial charge is 0.330 e. The number of pyridine rings is 1. The van der Waals surface area contributed by atoms with Crippen molar-refractivity contribution >= 4 is 10.9 Å². The van der Waals surface area contributed by atoms with Gasteiger partial charge in [-0.15, -0.1) is 0 Å². The molecule has 4 aromatic rings. The minimum absolute atomic E-state index is 0.915. The van der Waals surface area contributed by atoms with Gasteiger partial charge >= 0.3 is 0 Å². The fraction of sp³-hybridized carbons (Fsp3) is 0.211. The summed E-state index contributed by atoms with van der Waals surface area (Å²) in [4.78, 5) is 9.26. The minimum Gasteiger partial charge on any atom is -0.330 e. The molecule has 24 heavy (non-hydrogen) atoms. The first-order valence-electron chi connectivity index (χ1n) is 8.14. The van der Waals surface area contributed by atoms with Gasteiger partial charge in [0, 0.05) is 37.6 Å². The van der Waals surface area contributed by atoms with E-state index in [9.17, 15) is 0 Å². The second-order valence-corrected chi connectivity index (χ2v) is 5.96. The Morgan fingerprint density at radius 1 is 1.08 bits per heavy atom. The van der Waals surface area contributed by atoms with Crippen LogP contribution in [0.3, 0.4) is 0 Å². The van der Waals surface area contributed by atoms with E-state index in [4.69, 9.17) is 4.98 Å². The molecule has 4 rings (SSSR count). The molecule has 0 N–H and O–H groups in total. The van der Waals surface area contributed by atoms with E-state index in [1.807, 2.05) is 54.6 Å². The standard InChI is InChI=1S/C19H19N5/c1-23-14-15(13-21-23)5-4-11-24-12-10-20-19(24)18-9-8-16-6-2-3-7-17(16)22-18/h2-3,6-10,12-14H,4-5,11H2,1H3. The molecule has 0 unspecified atom stereocenters. The number of aryl methyl sites for hydroxylation is 3. The number of benzene rings is 1. The van der Waals surface area contributed by atoms with Gasteiger partial charge in [0.1, 0.15) is 5.69 Å². The summed E-state index contributed by atoms with van der Waals surface area (Å²) >= 11 is 0. The summed E-state index contributed by atoms with van der Waals surface area (Å²) in [5.41, 5.74) is 3.18. The number of nitrogens with zero attached hydrogens (tertiary/aromatic N) is 5. The molecule has 3 heterocycles. The maximum absolute atomic E-state index is 4.75. The molecule has 0 fully saturated rings. The zero-order valence-corrected chi connectivity index (χ0v) is 13.6. The lowest BCUT2D eigenvalue weighted by Gasteiger charge is -2.08. The number of imidazole rings is 1. The van der Waals surface area contributed by atoms with Crippen LogP contribution in [0.5, 0.6) is 0 Å². The lowest BCUT2D eigenvalue weighted by Crippen LogP contribution is -2.02. The Hall–Kier alpha value is -2.95. The van der Waals surface area contributed by atoms with E-state index in [-0.39, 0.29) is 0 Å². The first-order valence-corrected chi connectivity index (χ1v) is 8.14. The molecular formula is C19H19N5. The van der Waals surface area contributed by atoms with Gasteiger partial charge in [-0.25, -0.2) is 9.97 Å². The number of aromatic nitrogens is 5. The molecule has 0 bridgehead atoms. The Kier molecular flexibility index (Phi) is 3.83. The Bertz CT molecular complexity index is 966. The summed E-state index contributed by atoms with van der Waals surface area (Å²) in [6.45, 7) is 0.915. The van der Waals surface area contributed by atoms with E-state index in [2.05, 4.69) is 33.0 Å². The normalized spacial score (nSPS) is 11.2. The Morgan fingerprint density at radius 3 is 2.88 bits per heavy atom. The molecule has 0 aliphatic rings.